The highest BCUT2D eigenvalue weighted by atomic mass is 16.5. The molecule has 1 aromatic heterocycles. The molecule has 1 aliphatic heterocycles. The molecule has 8 nitrogen and oxygen atoms in total. The molecule has 0 unspecified atom stereocenters. The number of hydrogen-bond acceptors (Lipinski definition) is 7. The van der Waals surface area contributed by atoms with E-state index in [1.54, 1.807) is 30.3 Å². The maximum Gasteiger partial charge on any atom is 0.295 e. The first-order valence-electron chi connectivity index (χ1n) is 9.08. The van der Waals surface area contributed by atoms with Crippen LogP contribution < -0.4 is 9.47 Å². The number of ether oxygens (including phenoxy) is 2. The predicted octanol–water partition coefficient (Wildman–Crippen LogP) is 2.28. The summed E-state index contributed by atoms with van der Waals surface area (Å²) in [7, 11) is 6.74. The molecule has 1 atom stereocenters. The molecular formula is C21H24N2O6. The smallest absolute Gasteiger partial charge is 0.295 e. The molecule has 0 bridgehead atoms. The summed E-state index contributed by atoms with van der Waals surface area (Å²) in [6.07, 6.45) is 1.47. The van der Waals surface area contributed by atoms with Crippen LogP contribution in [0.4, 0.5) is 0 Å². The first-order valence-corrected chi connectivity index (χ1v) is 9.08. The Hall–Kier alpha value is -3.26. The van der Waals surface area contributed by atoms with E-state index in [0.717, 1.165) is 0 Å². The van der Waals surface area contributed by atoms with Crippen LogP contribution in [0.2, 0.25) is 0 Å². The number of aliphatic hydroxyl groups is 1. The minimum Gasteiger partial charge on any atom is -0.507 e. The lowest BCUT2D eigenvalue weighted by atomic mass is 9.99. The SMILES string of the molecule is COc1ccc(C(O)=C2C(=O)C(=O)N(CCN(C)C)[C@H]2c2ccco2)cc1OC. The fourth-order valence-corrected chi connectivity index (χ4v) is 3.30. The first-order chi connectivity index (χ1) is 13.9. The molecule has 0 radical (unpaired) electrons. The van der Waals surface area contributed by atoms with Crippen molar-refractivity contribution in [2.24, 2.45) is 0 Å². The van der Waals surface area contributed by atoms with E-state index in [0.29, 0.717) is 35.9 Å². The number of ketones is 1. The van der Waals surface area contributed by atoms with Gasteiger partial charge in [-0.3, -0.25) is 9.59 Å². The van der Waals surface area contributed by atoms with E-state index in [2.05, 4.69) is 0 Å². The van der Waals surface area contributed by atoms with Crippen LogP contribution in [-0.2, 0) is 9.59 Å². The molecule has 1 saturated heterocycles. The third kappa shape index (κ3) is 3.84. The van der Waals surface area contributed by atoms with Crippen LogP contribution in [0, 0.1) is 0 Å². The zero-order chi connectivity index (χ0) is 21.1. The number of carbonyl (C=O) groups excluding carboxylic acids is 2. The quantitative estimate of drug-likeness (QED) is 0.433. The maximum atomic E-state index is 12.8. The number of amides is 1. The van der Waals surface area contributed by atoms with Crippen molar-refractivity contribution in [1.82, 2.24) is 9.80 Å². The number of likely N-dealkylation sites (tertiary alicyclic amines) is 1. The van der Waals surface area contributed by atoms with Crippen molar-refractivity contribution in [2.75, 3.05) is 41.4 Å². The summed E-state index contributed by atoms with van der Waals surface area (Å²) in [5.74, 6) is -0.429. The second-order valence-electron chi connectivity index (χ2n) is 6.88. The Kier molecular flexibility index (Phi) is 5.93. The van der Waals surface area contributed by atoms with Crippen molar-refractivity contribution < 1.29 is 28.6 Å². The van der Waals surface area contributed by atoms with Gasteiger partial charge in [0, 0.05) is 18.7 Å². The number of nitrogens with zero attached hydrogens (tertiary/aromatic N) is 2. The topological polar surface area (TPSA) is 92.5 Å². The Morgan fingerprint density at radius 3 is 2.48 bits per heavy atom. The molecule has 1 aliphatic rings. The lowest BCUT2D eigenvalue weighted by Gasteiger charge is -2.24. The minimum absolute atomic E-state index is 0.0177. The van der Waals surface area contributed by atoms with Crippen molar-refractivity contribution in [1.29, 1.82) is 0 Å². The third-order valence-corrected chi connectivity index (χ3v) is 4.80. The predicted molar refractivity (Wildman–Crippen MR) is 106 cm³/mol. The Morgan fingerprint density at radius 1 is 1.17 bits per heavy atom. The van der Waals surface area contributed by atoms with Crippen molar-refractivity contribution in [3.8, 4) is 11.5 Å². The molecule has 1 N–H and O–H groups in total. The van der Waals surface area contributed by atoms with Crippen LogP contribution in [0.1, 0.15) is 17.4 Å². The highest BCUT2D eigenvalue weighted by molar-refractivity contribution is 6.46. The molecule has 1 fully saturated rings. The van der Waals surface area contributed by atoms with E-state index in [9.17, 15) is 14.7 Å². The van der Waals surface area contributed by atoms with Gasteiger partial charge in [-0.15, -0.1) is 0 Å². The van der Waals surface area contributed by atoms with Gasteiger partial charge in [0.05, 0.1) is 26.1 Å². The average Bonchev–Trinajstić information content (AvgIpc) is 3.32. The van der Waals surface area contributed by atoms with E-state index >= 15 is 0 Å². The molecule has 0 aliphatic carbocycles. The summed E-state index contributed by atoms with van der Waals surface area (Å²) in [5.41, 5.74) is 0.320. The molecule has 0 saturated carbocycles. The Labute approximate surface area is 168 Å². The summed E-state index contributed by atoms with van der Waals surface area (Å²) in [6, 6.07) is 7.33. The summed E-state index contributed by atoms with van der Waals surface area (Å²) in [6.45, 7) is 0.867. The molecule has 8 heteroatoms. The lowest BCUT2D eigenvalue weighted by molar-refractivity contribution is -0.140. The van der Waals surface area contributed by atoms with Crippen molar-refractivity contribution in [2.45, 2.75) is 6.04 Å². The van der Waals surface area contributed by atoms with Gasteiger partial charge in [-0.05, 0) is 44.4 Å². The number of furan rings is 1. The van der Waals surface area contributed by atoms with Gasteiger partial charge in [-0.2, -0.15) is 0 Å². The van der Waals surface area contributed by atoms with Crippen molar-refractivity contribution in [3.05, 3.63) is 53.5 Å². The summed E-state index contributed by atoms with van der Waals surface area (Å²) in [4.78, 5) is 28.9. The molecule has 154 valence electrons. The number of methoxy groups -OCH3 is 2. The molecule has 3 rings (SSSR count). The van der Waals surface area contributed by atoms with Crippen LogP contribution >= 0.6 is 0 Å². The van der Waals surface area contributed by atoms with Gasteiger partial charge < -0.3 is 28.8 Å². The third-order valence-electron chi connectivity index (χ3n) is 4.80. The van der Waals surface area contributed by atoms with E-state index in [1.165, 1.54) is 25.4 Å². The zero-order valence-electron chi connectivity index (χ0n) is 16.8. The first kappa shape index (κ1) is 20.5. The second kappa shape index (κ2) is 8.40. The van der Waals surface area contributed by atoms with E-state index in [1.807, 2.05) is 19.0 Å². The van der Waals surface area contributed by atoms with E-state index in [-0.39, 0.29) is 11.3 Å². The van der Waals surface area contributed by atoms with E-state index < -0.39 is 17.7 Å². The second-order valence-corrected chi connectivity index (χ2v) is 6.88. The van der Waals surface area contributed by atoms with Gasteiger partial charge >= 0.3 is 0 Å². The van der Waals surface area contributed by atoms with Gasteiger partial charge in [0.2, 0.25) is 0 Å². The normalized spacial score (nSPS) is 18.5. The minimum atomic E-state index is -0.807. The summed E-state index contributed by atoms with van der Waals surface area (Å²) < 4.78 is 16.0. The molecular weight excluding hydrogens is 376 g/mol. The van der Waals surface area contributed by atoms with Crippen LogP contribution in [0.3, 0.4) is 0 Å². The van der Waals surface area contributed by atoms with Gasteiger partial charge in [0.1, 0.15) is 17.6 Å². The van der Waals surface area contributed by atoms with Crippen molar-refractivity contribution in [3.63, 3.8) is 0 Å². The lowest BCUT2D eigenvalue weighted by Crippen LogP contribution is -2.35. The monoisotopic (exact) mass is 400 g/mol. The van der Waals surface area contributed by atoms with Crippen LogP contribution in [-0.4, -0.2) is 68.0 Å². The standard InChI is InChI=1S/C21H24N2O6/c1-22(2)9-10-23-18(15-6-5-11-29-15)17(20(25)21(23)26)19(24)13-7-8-14(27-3)16(12-13)28-4/h5-8,11-12,18,24H,9-10H2,1-4H3/t18-/m0/s1. The summed E-state index contributed by atoms with van der Waals surface area (Å²) in [5, 5.41) is 11.0. The van der Waals surface area contributed by atoms with Gasteiger partial charge in [-0.1, -0.05) is 0 Å². The number of likely N-dealkylation sites (N-methyl/N-ethyl adjacent to an activating group) is 1. The van der Waals surface area contributed by atoms with Crippen LogP contribution in [0.15, 0.2) is 46.6 Å². The molecule has 29 heavy (non-hydrogen) atoms. The molecule has 2 heterocycles. The number of Topliss-reactive ketones (excluding diaryl/α,β-unsaturated/α-hetero) is 1. The van der Waals surface area contributed by atoms with E-state index in [4.69, 9.17) is 13.9 Å². The number of hydrogen-bond donors (Lipinski definition) is 1. The molecule has 1 aromatic carbocycles. The fraction of sp³-hybridized carbons (Fsp3) is 0.333. The number of rotatable bonds is 7. The Morgan fingerprint density at radius 2 is 1.90 bits per heavy atom. The molecule has 0 spiro atoms. The number of benzene rings is 1. The summed E-state index contributed by atoms with van der Waals surface area (Å²) >= 11 is 0. The van der Waals surface area contributed by atoms with Crippen LogP contribution in [0.25, 0.3) is 5.76 Å². The molecule has 1 amide bonds. The van der Waals surface area contributed by atoms with Gasteiger partial charge in [-0.25, -0.2) is 0 Å². The maximum absolute atomic E-state index is 12.8. The van der Waals surface area contributed by atoms with Gasteiger partial charge in [0.15, 0.2) is 11.5 Å². The largest absolute Gasteiger partial charge is 0.507 e. The van der Waals surface area contributed by atoms with Crippen LogP contribution in [0.5, 0.6) is 11.5 Å². The molecule has 2 aromatic rings. The highest BCUT2D eigenvalue weighted by Crippen LogP contribution is 2.40. The van der Waals surface area contributed by atoms with Crippen molar-refractivity contribution >= 4 is 17.4 Å². The average molecular weight is 400 g/mol. The Bertz CT molecular complexity index is 933. The number of aliphatic hydroxyl groups excluding tert-OH is 1. The fourth-order valence-electron chi connectivity index (χ4n) is 3.30. The Balaban J connectivity index is 2.11. The zero-order valence-corrected chi connectivity index (χ0v) is 16.8. The van der Waals surface area contributed by atoms with Gasteiger partial charge in [0.25, 0.3) is 11.7 Å². The number of carbonyl (C=O) groups is 2. The highest BCUT2D eigenvalue weighted by Gasteiger charge is 2.47.